The van der Waals surface area contributed by atoms with E-state index in [1.807, 2.05) is 0 Å². The number of nitrogens with zero attached hydrogens (tertiary/aromatic N) is 1. The van der Waals surface area contributed by atoms with Gasteiger partial charge in [0.25, 0.3) is 0 Å². The van der Waals surface area contributed by atoms with Gasteiger partial charge in [0.1, 0.15) is 0 Å². The molecule has 138 valence electrons. The number of benzene rings is 2. The largest absolute Gasteiger partial charge is 0.416 e. The Morgan fingerprint density at radius 3 is 2.23 bits per heavy atom. The lowest BCUT2D eigenvalue weighted by atomic mass is 10.2. The van der Waals surface area contributed by atoms with Gasteiger partial charge in [-0.05, 0) is 42.5 Å². The van der Waals surface area contributed by atoms with Crippen LogP contribution >= 0.6 is 24.4 Å². The van der Waals surface area contributed by atoms with Gasteiger partial charge in [-0.15, -0.1) is 0 Å². The standard InChI is InChI=1S/C16H13ClF3N3O2S/c1-9(24)21-11-3-5-12(6-4-11)23(26)15(25)22-14-8-10(16(18,19)20)2-7-13(14)17/h2-8,26H,1H3,(H,21,24)(H,22,25). The van der Waals surface area contributed by atoms with Crippen LogP contribution in [0.2, 0.25) is 5.02 Å². The first-order chi connectivity index (χ1) is 12.1. The summed E-state index contributed by atoms with van der Waals surface area (Å²) in [7, 11) is 0. The van der Waals surface area contributed by atoms with E-state index in [1.54, 1.807) is 12.1 Å². The molecule has 0 heterocycles. The smallest absolute Gasteiger partial charge is 0.326 e. The number of carbonyl (C=O) groups excluding carboxylic acids is 2. The predicted molar refractivity (Wildman–Crippen MR) is 97.7 cm³/mol. The molecule has 0 atom stereocenters. The Morgan fingerprint density at radius 1 is 1.08 bits per heavy atom. The Bertz CT molecular complexity index is 828. The van der Waals surface area contributed by atoms with E-state index in [9.17, 15) is 22.8 Å². The van der Waals surface area contributed by atoms with Crippen molar-refractivity contribution >= 4 is 53.4 Å². The Kier molecular flexibility index (Phi) is 6.04. The average molecular weight is 404 g/mol. The maximum absolute atomic E-state index is 12.8. The summed E-state index contributed by atoms with van der Waals surface area (Å²) < 4.78 is 39.2. The van der Waals surface area contributed by atoms with Gasteiger partial charge >= 0.3 is 12.2 Å². The molecule has 0 bridgehead atoms. The van der Waals surface area contributed by atoms with Crippen molar-refractivity contribution in [2.24, 2.45) is 0 Å². The minimum atomic E-state index is -4.57. The van der Waals surface area contributed by atoms with Crippen molar-refractivity contribution < 1.29 is 22.8 Å². The van der Waals surface area contributed by atoms with Gasteiger partial charge in [-0.2, -0.15) is 13.2 Å². The third kappa shape index (κ3) is 5.06. The Labute approximate surface area is 157 Å². The molecule has 2 N–H and O–H groups in total. The number of nitrogens with one attached hydrogen (secondary N) is 2. The van der Waals surface area contributed by atoms with Gasteiger partial charge < -0.3 is 10.6 Å². The van der Waals surface area contributed by atoms with Crippen molar-refractivity contribution in [2.75, 3.05) is 14.9 Å². The van der Waals surface area contributed by atoms with E-state index in [2.05, 4.69) is 23.4 Å². The van der Waals surface area contributed by atoms with E-state index in [0.717, 1.165) is 22.5 Å². The highest BCUT2D eigenvalue weighted by Gasteiger charge is 2.31. The number of hydrogen-bond acceptors (Lipinski definition) is 3. The van der Waals surface area contributed by atoms with Gasteiger partial charge in [0, 0.05) is 12.6 Å². The second kappa shape index (κ2) is 7.88. The van der Waals surface area contributed by atoms with Gasteiger partial charge in [0.15, 0.2) is 0 Å². The average Bonchev–Trinajstić information content (AvgIpc) is 2.55. The lowest BCUT2D eigenvalue weighted by Gasteiger charge is -2.18. The number of carbonyl (C=O) groups is 2. The highest BCUT2D eigenvalue weighted by molar-refractivity contribution is 7.82. The molecule has 0 saturated carbocycles. The molecule has 5 nitrogen and oxygen atoms in total. The summed E-state index contributed by atoms with van der Waals surface area (Å²) in [5, 5.41) is 4.79. The van der Waals surface area contributed by atoms with Crippen LogP contribution in [0.3, 0.4) is 0 Å². The fourth-order valence-corrected chi connectivity index (χ4v) is 2.32. The van der Waals surface area contributed by atoms with E-state index in [4.69, 9.17) is 11.6 Å². The minimum absolute atomic E-state index is 0.0471. The molecule has 0 radical (unpaired) electrons. The quantitative estimate of drug-likeness (QED) is 0.617. The fourth-order valence-electron chi connectivity index (χ4n) is 1.97. The monoisotopic (exact) mass is 403 g/mol. The fraction of sp³-hybridized carbons (Fsp3) is 0.125. The predicted octanol–water partition coefficient (Wildman–Crippen LogP) is 5.20. The topological polar surface area (TPSA) is 61.4 Å². The van der Waals surface area contributed by atoms with Gasteiger partial charge in [-0.1, -0.05) is 24.4 Å². The maximum atomic E-state index is 12.8. The Morgan fingerprint density at radius 2 is 1.69 bits per heavy atom. The van der Waals surface area contributed by atoms with Gasteiger partial charge in [-0.25, -0.2) is 9.10 Å². The number of urea groups is 1. The molecule has 10 heteroatoms. The SMILES string of the molecule is CC(=O)Nc1ccc(N(S)C(=O)Nc2cc(C(F)(F)F)ccc2Cl)cc1. The molecule has 0 aromatic heterocycles. The first kappa shape index (κ1) is 19.9. The van der Waals surface area contributed by atoms with Crippen LogP contribution in [-0.4, -0.2) is 11.9 Å². The molecule has 0 unspecified atom stereocenters. The number of halogens is 4. The molecular weight excluding hydrogens is 391 g/mol. The van der Waals surface area contributed by atoms with Gasteiger partial charge in [0.2, 0.25) is 5.91 Å². The van der Waals surface area contributed by atoms with Gasteiger partial charge in [0.05, 0.1) is 22.0 Å². The van der Waals surface area contributed by atoms with Crippen molar-refractivity contribution in [3.8, 4) is 0 Å². The van der Waals surface area contributed by atoms with Crippen molar-refractivity contribution in [1.82, 2.24) is 0 Å². The molecule has 0 fully saturated rings. The maximum Gasteiger partial charge on any atom is 0.416 e. The van der Waals surface area contributed by atoms with E-state index < -0.39 is 17.8 Å². The van der Waals surface area contributed by atoms with Crippen LogP contribution in [0.15, 0.2) is 42.5 Å². The second-order valence-electron chi connectivity index (χ2n) is 5.16. The first-order valence-corrected chi connectivity index (χ1v) is 7.90. The lowest BCUT2D eigenvalue weighted by molar-refractivity contribution is -0.137. The molecule has 0 aliphatic carbocycles. The molecule has 2 rings (SSSR count). The molecular formula is C16H13ClF3N3O2S. The zero-order valence-corrected chi connectivity index (χ0v) is 14.9. The number of anilines is 3. The molecule has 26 heavy (non-hydrogen) atoms. The van der Waals surface area contributed by atoms with Crippen LogP contribution in [0, 0.1) is 0 Å². The van der Waals surface area contributed by atoms with Crippen LogP contribution in [0.1, 0.15) is 12.5 Å². The first-order valence-electron chi connectivity index (χ1n) is 7.12. The van der Waals surface area contributed by atoms with Crippen molar-refractivity contribution in [3.05, 3.63) is 53.1 Å². The van der Waals surface area contributed by atoms with Crippen LogP contribution in [0.4, 0.5) is 35.0 Å². The zero-order chi connectivity index (χ0) is 19.5. The number of amides is 3. The molecule has 0 aliphatic rings. The Balaban J connectivity index is 2.15. The molecule has 0 aliphatic heterocycles. The molecule has 0 saturated heterocycles. The van der Waals surface area contributed by atoms with Crippen molar-refractivity contribution in [3.63, 3.8) is 0 Å². The summed E-state index contributed by atoms with van der Waals surface area (Å²) in [5.74, 6) is -0.252. The number of rotatable bonds is 3. The molecule has 2 aromatic rings. The van der Waals surface area contributed by atoms with Crippen LogP contribution in [0.5, 0.6) is 0 Å². The molecule has 3 amide bonds. The number of alkyl halides is 3. The van der Waals surface area contributed by atoms with Gasteiger partial charge in [-0.3, -0.25) is 4.79 Å². The summed E-state index contributed by atoms with van der Waals surface area (Å²) >= 11 is 9.88. The summed E-state index contributed by atoms with van der Waals surface area (Å²) in [4.78, 5) is 23.2. The summed E-state index contributed by atoms with van der Waals surface area (Å²) in [6.07, 6.45) is -4.57. The van der Waals surface area contributed by atoms with Crippen molar-refractivity contribution in [2.45, 2.75) is 13.1 Å². The summed E-state index contributed by atoms with van der Waals surface area (Å²) in [6.45, 7) is 1.35. The summed E-state index contributed by atoms with van der Waals surface area (Å²) in [5.41, 5.74) is -0.282. The molecule has 2 aromatic carbocycles. The number of hydrogen-bond donors (Lipinski definition) is 3. The lowest BCUT2D eigenvalue weighted by Crippen LogP contribution is -2.27. The van der Waals surface area contributed by atoms with E-state index >= 15 is 0 Å². The molecule has 0 spiro atoms. The normalized spacial score (nSPS) is 11.0. The zero-order valence-electron chi connectivity index (χ0n) is 13.3. The highest BCUT2D eigenvalue weighted by atomic mass is 35.5. The van der Waals surface area contributed by atoms with Crippen LogP contribution in [-0.2, 0) is 11.0 Å². The second-order valence-corrected chi connectivity index (χ2v) is 5.97. The summed E-state index contributed by atoms with van der Waals surface area (Å²) in [6, 6.07) is 7.90. The van der Waals surface area contributed by atoms with E-state index in [0.29, 0.717) is 11.4 Å². The number of thiol groups is 1. The van der Waals surface area contributed by atoms with Crippen LogP contribution in [0.25, 0.3) is 0 Å². The van der Waals surface area contributed by atoms with E-state index in [-0.39, 0.29) is 16.6 Å². The minimum Gasteiger partial charge on any atom is -0.326 e. The van der Waals surface area contributed by atoms with Crippen molar-refractivity contribution in [1.29, 1.82) is 0 Å². The third-order valence-corrected chi connectivity index (χ3v) is 3.90. The Hall–Kier alpha value is -2.39. The van der Waals surface area contributed by atoms with E-state index in [1.165, 1.54) is 19.1 Å². The van der Waals surface area contributed by atoms with Crippen LogP contribution < -0.4 is 14.9 Å². The third-order valence-electron chi connectivity index (χ3n) is 3.16. The highest BCUT2D eigenvalue weighted by Crippen LogP contribution is 2.34.